The maximum atomic E-state index is 6.86. The maximum Gasteiger partial charge on any atom is -0.00208 e. The van der Waals surface area contributed by atoms with E-state index in [9.17, 15) is 0 Å². The van der Waals surface area contributed by atoms with E-state index in [4.69, 9.17) is 11.1 Å². The van der Waals surface area contributed by atoms with Crippen LogP contribution in [-0.4, -0.2) is 18.4 Å². The van der Waals surface area contributed by atoms with Crippen molar-refractivity contribution in [1.29, 1.82) is 5.53 Å². The molecule has 8 heavy (non-hydrogen) atoms. The number of nitrogens with one attached hydrogen (secondary N) is 1. The van der Waals surface area contributed by atoms with Gasteiger partial charge in [-0.15, -0.1) is 5.53 Å². The van der Waals surface area contributed by atoms with E-state index in [1.54, 1.807) is 4.91 Å². The summed E-state index contributed by atoms with van der Waals surface area (Å²) in [6.45, 7) is 0. The molecule has 0 aromatic heterocycles. The van der Waals surface area contributed by atoms with Gasteiger partial charge in [-0.25, -0.2) is 0 Å². The van der Waals surface area contributed by atoms with Crippen LogP contribution in [0.15, 0.2) is 0 Å². The van der Waals surface area contributed by atoms with Crippen molar-refractivity contribution in [3.05, 3.63) is 10.4 Å². The van der Waals surface area contributed by atoms with Gasteiger partial charge in [-0.05, 0) is 10.4 Å². The largest absolute Gasteiger partial charge is 0.108 e. The molecule has 0 fully saturated rings. The van der Waals surface area contributed by atoms with Gasteiger partial charge in [0.2, 0.25) is 0 Å². The molecule has 0 bridgehead atoms. The van der Waals surface area contributed by atoms with Gasteiger partial charge in [-0.1, -0.05) is 0 Å². The topological polar surface area (TPSA) is 60.3 Å². The Balaban J connectivity index is 0. The summed E-state index contributed by atoms with van der Waals surface area (Å²) in [5, 5.41) is 0. The van der Waals surface area contributed by atoms with E-state index in [0.29, 0.717) is 0 Å². The van der Waals surface area contributed by atoms with Gasteiger partial charge in [0, 0.05) is 0 Å². The average molecular weight is 222 g/mol. The summed E-state index contributed by atoms with van der Waals surface area (Å²) in [6.07, 6.45) is 0. The average Bonchev–Trinajstić information content (AvgIpc) is 1.27. The molecule has 0 saturated carbocycles. The van der Waals surface area contributed by atoms with Crippen molar-refractivity contribution in [3.8, 4) is 0 Å². The molecule has 0 aromatic carbocycles. The van der Waals surface area contributed by atoms with Gasteiger partial charge in [0.15, 0.2) is 0 Å². The summed E-state index contributed by atoms with van der Waals surface area (Å²) in [4.78, 5) is 11.3. The van der Waals surface area contributed by atoms with Crippen molar-refractivity contribution >= 4 is 18.4 Å². The van der Waals surface area contributed by atoms with E-state index in [0.717, 1.165) is 0 Å². The zero-order valence-electron chi connectivity index (χ0n) is 5.89. The van der Waals surface area contributed by atoms with Crippen LogP contribution in [0.4, 0.5) is 0 Å². The molecule has 48 valence electrons. The van der Waals surface area contributed by atoms with Gasteiger partial charge in [0.1, 0.15) is 0 Å². The first-order chi connectivity index (χ1) is 3.41. The summed E-state index contributed by atoms with van der Waals surface area (Å²) < 4.78 is 0. The normalized spacial score (nSPS) is 8.50. The number of nitrogens with zero attached hydrogens (tertiary/aromatic N) is 2. The molecule has 0 aliphatic rings. The predicted octanol–water partition coefficient (Wildman–Crippen LogP) is 2.83. The van der Waals surface area contributed by atoms with Crippen molar-refractivity contribution < 1.29 is 0 Å². The number of rotatable bonds is 0. The van der Waals surface area contributed by atoms with E-state index >= 15 is 0 Å². The van der Waals surface area contributed by atoms with Gasteiger partial charge in [-0.3, -0.25) is 0 Å². The molecule has 0 amide bonds. The molecule has 4 heteroatoms. The van der Waals surface area contributed by atoms with Crippen molar-refractivity contribution in [1.82, 2.24) is 0 Å². The minimum atomic E-state index is -1.18. The van der Waals surface area contributed by atoms with Crippen LogP contribution in [0, 0.1) is 5.53 Å². The second kappa shape index (κ2) is 5.25. The van der Waals surface area contributed by atoms with Gasteiger partial charge in [0.25, 0.3) is 0 Å². The number of hydrogen-bond donors (Lipinski definition) is 1. The molecule has 0 atom stereocenters. The summed E-state index contributed by atoms with van der Waals surface area (Å²) in [6, 6.07) is 0. The van der Waals surface area contributed by atoms with E-state index in [2.05, 4.69) is 19.8 Å². The smallest absolute Gasteiger partial charge is 0.00208 e. The summed E-state index contributed by atoms with van der Waals surface area (Å²) in [7, 11) is 0. The molecule has 0 saturated heterocycles. The molecular weight excluding hydrogens is 209 g/mol. The third kappa shape index (κ3) is 13500. The Bertz CT molecular complexity index is 71.8. The molecule has 0 radical (unpaired) electrons. The molecule has 0 unspecified atom stereocenters. The van der Waals surface area contributed by atoms with E-state index in [1.807, 2.05) is 0 Å². The molecule has 0 aliphatic heterocycles. The molecule has 0 aliphatic carbocycles. The molecule has 0 spiro atoms. The van der Waals surface area contributed by atoms with Crippen LogP contribution in [0.3, 0.4) is 0 Å². The molecule has 0 aromatic rings. The molecular formula is C4H13N3Sn. The zero-order valence-corrected chi connectivity index (χ0v) is 8.75. The third-order valence-electron chi connectivity index (χ3n) is 0. The summed E-state index contributed by atoms with van der Waals surface area (Å²) in [5.74, 6) is 0. The SMILES string of the molecule is [CH3][Sn]([CH3])([CH3])[CH3].[N-]=[N+]=N. The maximum absolute atomic E-state index is 6.86. The van der Waals surface area contributed by atoms with Gasteiger partial charge in [0.05, 0.1) is 0 Å². The van der Waals surface area contributed by atoms with Crippen molar-refractivity contribution in [2.24, 2.45) is 0 Å². The minimum absolute atomic E-state index is 1.18. The molecule has 0 heterocycles. The molecule has 1 N–H and O–H groups in total. The first-order valence-corrected chi connectivity index (χ1v) is 13.8. The van der Waals surface area contributed by atoms with Crippen molar-refractivity contribution in [2.45, 2.75) is 19.8 Å². The second-order valence-electron chi connectivity index (χ2n) is 3.10. The van der Waals surface area contributed by atoms with Crippen molar-refractivity contribution in [2.75, 3.05) is 0 Å². The third-order valence-corrected chi connectivity index (χ3v) is 0. The van der Waals surface area contributed by atoms with Crippen LogP contribution in [0.5, 0.6) is 0 Å². The molecule has 0 rings (SSSR count). The van der Waals surface area contributed by atoms with Gasteiger partial charge in [-0.2, -0.15) is 0 Å². The Kier molecular flexibility index (Phi) is 7.21. The van der Waals surface area contributed by atoms with Gasteiger partial charge < -0.3 is 0 Å². The van der Waals surface area contributed by atoms with Gasteiger partial charge >= 0.3 is 38.1 Å². The van der Waals surface area contributed by atoms with E-state index in [-0.39, 0.29) is 0 Å². The minimum Gasteiger partial charge on any atom is -0.108 e. The van der Waals surface area contributed by atoms with Crippen LogP contribution in [0.1, 0.15) is 0 Å². The van der Waals surface area contributed by atoms with E-state index in [1.165, 1.54) is 0 Å². The second-order valence-corrected chi connectivity index (χ2v) is 20.2. The fraction of sp³-hybridized carbons (Fsp3) is 1.00. The molecule has 3 nitrogen and oxygen atoms in total. The fourth-order valence-electron chi connectivity index (χ4n) is 0. The first kappa shape index (κ1) is 11.0. The number of hydrogen-bond acceptors (Lipinski definition) is 1. The van der Waals surface area contributed by atoms with Crippen molar-refractivity contribution in [3.63, 3.8) is 0 Å². The monoisotopic (exact) mass is 223 g/mol. The van der Waals surface area contributed by atoms with E-state index < -0.39 is 18.4 Å². The Morgan fingerprint density at radius 2 is 1.25 bits per heavy atom. The predicted molar refractivity (Wildman–Crippen MR) is 38.6 cm³/mol. The van der Waals surface area contributed by atoms with Crippen LogP contribution in [0.2, 0.25) is 19.8 Å². The van der Waals surface area contributed by atoms with Crippen LogP contribution in [-0.2, 0) is 0 Å². The van der Waals surface area contributed by atoms with Crippen LogP contribution < -0.4 is 0 Å². The zero-order chi connectivity index (χ0) is 7.21. The Labute approximate surface area is 54.4 Å². The van der Waals surface area contributed by atoms with Crippen LogP contribution >= 0.6 is 0 Å². The summed E-state index contributed by atoms with van der Waals surface area (Å²) >= 11 is -1.18. The Morgan fingerprint density at radius 3 is 1.25 bits per heavy atom. The Hall–Kier alpha value is 0.109. The summed E-state index contributed by atoms with van der Waals surface area (Å²) in [5.41, 5.74) is 12.2. The first-order valence-electron chi connectivity index (χ1n) is 2.42. The van der Waals surface area contributed by atoms with Crippen LogP contribution in [0.25, 0.3) is 10.4 Å². The Morgan fingerprint density at radius 1 is 1.25 bits per heavy atom. The quantitative estimate of drug-likeness (QED) is 0.283. The fourth-order valence-corrected chi connectivity index (χ4v) is 0. The standard InChI is InChI=1S/4CH3.HN3.Sn/c;;;;1-3-2;/h4*1H3;1H;.